The van der Waals surface area contributed by atoms with Crippen molar-refractivity contribution in [2.45, 2.75) is 20.3 Å². The molecule has 2 rings (SSSR count). The van der Waals surface area contributed by atoms with Crippen LogP contribution in [0, 0.1) is 13.8 Å². The van der Waals surface area contributed by atoms with Crippen molar-refractivity contribution in [3.63, 3.8) is 0 Å². The van der Waals surface area contributed by atoms with Crippen molar-refractivity contribution in [1.29, 1.82) is 0 Å². The number of anilines is 1. The number of nitrogens with two attached hydrogens (primary N) is 1. The third kappa shape index (κ3) is 4.45. The molecule has 0 aliphatic rings. The van der Waals surface area contributed by atoms with E-state index in [1.54, 1.807) is 30.3 Å². The smallest absolute Gasteiger partial charge is 0.272 e. The van der Waals surface area contributed by atoms with Crippen molar-refractivity contribution in [2.75, 3.05) is 25.9 Å². The van der Waals surface area contributed by atoms with Crippen molar-refractivity contribution < 1.29 is 9.53 Å². The average Bonchev–Trinajstić information content (AvgIpc) is 2.52. The summed E-state index contributed by atoms with van der Waals surface area (Å²) in [6.07, 6.45) is 2.29. The number of aryl methyl sites for hydroxylation is 2. The van der Waals surface area contributed by atoms with Crippen LogP contribution >= 0.6 is 0 Å². The van der Waals surface area contributed by atoms with Crippen molar-refractivity contribution in [3.05, 3.63) is 53.3 Å². The Morgan fingerprint density at radius 3 is 2.61 bits per heavy atom. The predicted molar refractivity (Wildman–Crippen MR) is 91.6 cm³/mol. The maximum absolute atomic E-state index is 12.2. The van der Waals surface area contributed by atoms with Gasteiger partial charge in [-0.25, -0.2) is 0 Å². The van der Waals surface area contributed by atoms with E-state index >= 15 is 0 Å². The number of hydrogen-bond acceptors (Lipinski definition) is 4. The predicted octanol–water partition coefficient (Wildman–Crippen LogP) is 2.82. The number of rotatable bonds is 6. The molecular weight excluding hydrogens is 290 g/mol. The van der Waals surface area contributed by atoms with E-state index in [0.717, 1.165) is 23.3 Å². The van der Waals surface area contributed by atoms with Gasteiger partial charge in [0.15, 0.2) is 0 Å². The fourth-order valence-corrected chi connectivity index (χ4v) is 2.36. The topological polar surface area (TPSA) is 68.5 Å². The van der Waals surface area contributed by atoms with Gasteiger partial charge in [0, 0.05) is 25.5 Å². The summed E-state index contributed by atoms with van der Waals surface area (Å²) in [5.74, 6) is 0.795. The minimum absolute atomic E-state index is 0.135. The van der Waals surface area contributed by atoms with Gasteiger partial charge in [-0.15, -0.1) is 0 Å². The van der Waals surface area contributed by atoms with Gasteiger partial charge in [0.05, 0.1) is 6.61 Å². The van der Waals surface area contributed by atoms with Crippen LogP contribution in [0.4, 0.5) is 5.69 Å². The number of hydrogen-bond donors (Lipinski definition) is 1. The summed E-state index contributed by atoms with van der Waals surface area (Å²) in [5.41, 5.74) is 8.83. The fourth-order valence-electron chi connectivity index (χ4n) is 2.36. The number of para-hydroxylation sites is 1. The zero-order valence-corrected chi connectivity index (χ0v) is 13.9. The number of pyridine rings is 1. The largest absolute Gasteiger partial charge is 0.493 e. The quantitative estimate of drug-likeness (QED) is 0.833. The van der Waals surface area contributed by atoms with Crippen LogP contribution in [0.15, 0.2) is 36.5 Å². The number of benzene rings is 1. The van der Waals surface area contributed by atoms with Gasteiger partial charge in [0.1, 0.15) is 11.4 Å². The number of ether oxygens (including phenoxy) is 1. The molecule has 1 heterocycles. The van der Waals surface area contributed by atoms with Gasteiger partial charge in [-0.1, -0.05) is 18.2 Å². The second kappa shape index (κ2) is 7.63. The SMILES string of the molecule is Cc1cccc(C)c1OCCCN(C)C(=O)c1cc(N)ccn1. The molecule has 0 radical (unpaired) electrons. The Balaban J connectivity index is 1.83. The lowest BCUT2D eigenvalue weighted by molar-refractivity contribution is 0.0782. The first kappa shape index (κ1) is 16.8. The molecule has 0 aliphatic carbocycles. The Kier molecular flexibility index (Phi) is 5.57. The number of carbonyl (C=O) groups excluding carboxylic acids is 1. The molecule has 5 heteroatoms. The summed E-state index contributed by atoms with van der Waals surface area (Å²) in [6.45, 7) is 5.22. The molecule has 0 aliphatic heterocycles. The van der Waals surface area contributed by atoms with Gasteiger partial charge in [0.2, 0.25) is 0 Å². The first-order valence-electron chi connectivity index (χ1n) is 7.65. The molecule has 0 unspecified atom stereocenters. The summed E-state index contributed by atoms with van der Waals surface area (Å²) in [5, 5.41) is 0. The molecule has 1 aromatic heterocycles. The molecule has 0 saturated carbocycles. The van der Waals surface area contributed by atoms with Gasteiger partial charge in [-0.3, -0.25) is 9.78 Å². The molecule has 1 aromatic carbocycles. The molecule has 2 N–H and O–H groups in total. The van der Waals surface area contributed by atoms with Gasteiger partial charge < -0.3 is 15.4 Å². The van der Waals surface area contributed by atoms with Gasteiger partial charge in [-0.05, 0) is 43.5 Å². The minimum atomic E-state index is -0.135. The van der Waals surface area contributed by atoms with Crippen LogP contribution in [0.2, 0.25) is 0 Å². The van der Waals surface area contributed by atoms with E-state index < -0.39 is 0 Å². The van der Waals surface area contributed by atoms with Crippen LogP contribution in [-0.4, -0.2) is 36.0 Å². The maximum Gasteiger partial charge on any atom is 0.272 e. The molecule has 0 atom stereocenters. The molecule has 0 bridgehead atoms. The van der Waals surface area contributed by atoms with Crippen LogP contribution in [0.5, 0.6) is 5.75 Å². The van der Waals surface area contributed by atoms with Crippen molar-refractivity contribution in [1.82, 2.24) is 9.88 Å². The molecule has 0 fully saturated rings. The summed E-state index contributed by atoms with van der Waals surface area (Å²) in [6, 6.07) is 9.33. The Morgan fingerprint density at radius 2 is 1.96 bits per heavy atom. The van der Waals surface area contributed by atoms with Gasteiger partial charge in [0.25, 0.3) is 5.91 Å². The van der Waals surface area contributed by atoms with E-state index in [2.05, 4.69) is 4.98 Å². The highest BCUT2D eigenvalue weighted by Gasteiger charge is 2.13. The number of nitrogen functional groups attached to an aromatic ring is 1. The highest BCUT2D eigenvalue weighted by Crippen LogP contribution is 2.22. The first-order chi connectivity index (χ1) is 11.0. The molecule has 0 saturated heterocycles. The number of carbonyl (C=O) groups is 1. The highest BCUT2D eigenvalue weighted by molar-refractivity contribution is 5.92. The number of aromatic nitrogens is 1. The van der Waals surface area contributed by atoms with Crippen LogP contribution in [0.25, 0.3) is 0 Å². The first-order valence-corrected chi connectivity index (χ1v) is 7.65. The van der Waals surface area contributed by atoms with E-state index in [1.165, 1.54) is 0 Å². The molecule has 23 heavy (non-hydrogen) atoms. The number of nitrogens with zero attached hydrogens (tertiary/aromatic N) is 2. The fraction of sp³-hybridized carbons (Fsp3) is 0.333. The zero-order chi connectivity index (χ0) is 16.8. The van der Waals surface area contributed by atoms with E-state index in [1.807, 2.05) is 32.0 Å². The molecule has 2 aromatic rings. The van der Waals surface area contributed by atoms with Crippen molar-refractivity contribution >= 4 is 11.6 Å². The summed E-state index contributed by atoms with van der Waals surface area (Å²) in [7, 11) is 1.76. The molecule has 5 nitrogen and oxygen atoms in total. The van der Waals surface area contributed by atoms with Crippen molar-refractivity contribution in [3.8, 4) is 5.75 Å². The lowest BCUT2D eigenvalue weighted by atomic mass is 10.1. The van der Waals surface area contributed by atoms with Crippen LogP contribution in [-0.2, 0) is 0 Å². The third-order valence-corrected chi connectivity index (χ3v) is 3.64. The Hall–Kier alpha value is -2.56. The van der Waals surface area contributed by atoms with Crippen LogP contribution in [0.3, 0.4) is 0 Å². The molecule has 0 spiro atoms. The van der Waals surface area contributed by atoms with E-state index in [0.29, 0.717) is 24.5 Å². The summed E-state index contributed by atoms with van der Waals surface area (Å²) >= 11 is 0. The highest BCUT2D eigenvalue weighted by atomic mass is 16.5. The monoisotopic (exact) mass is 313 g/mol. The Morgan fingerprint density at radius 1 is 1.26 bits per heavy atom. The van der Waals surface area contributed by atoms with E-state index in [-0.39, 0.29) is 5.91 Å². The average molecular weight is 313 g/mol. The van der Waals surface area contributed by atoms with Crippen molar-refractivity contribution in [2.24, 2.45) is 0 Å². The second-order valence-corrected chi connectivity index (χ2v) is 5.62. The Bertz CT molecular complexity index is 665. The summed E-state index contributed by atoms with van der Waals surface area (Å²) in [4.78, 5) is 17.9. The standard InChI is InChI=1S/C18H23N3O2/c1-13-6-4-7-14(2)17(13)23-11-5-10-21(3)18(22)16-12-15(19)8-9-20-16/h4,6-9,12H,5,10-11H2,1-3H3,(H2,19,20). The van der Waals surface area contributed by atoms with Crippen LogP contribution in [0.1, 0.15) is 28.0 Å². The molecule has 1 amide bonds. The lowest BCUT2D eigenvalue weighted by Crippen LogP contribution is -2.29. The van der Waals surface area contributed by atoms with E-state index in [4.69, 9.17) is 10.5 Å². The molecule has 122 valence electrons. The van der Waals surface area contributed by atoms with Gasteiger partial charge >= 0.3 is 0 Å². The normalized spacial score (nSPS) is 10.4. The minimum Gasteiger partial charge on any atom is -0.493 e. The Labute approximate surface area is 137 Å². The second-order valence-electron chi connectivity index (χ2n) is 5.62. The zero-order valence-electron chi connectivity index (χ0n) is 13.9. The third-order valence-electron chi connectivity index (χ3n) is 3.64. The lowest BCUT2D eigenvalue weighted by Gasteiger charge is -2.17. The number of amides is 1. The van der Waals surface area contributed by atoms with E-state index in [9.17, 15) is 4.79 Å². The van der Waals surface area contributed by atoms with Crippen LogP contribution < -0.4 is 10.5 Å². The maximum atomic E-state index is 12.2. The summed E-state index contributed by atoms with van der Waals surface area (Å²) < 4.78 is 5.85. The van der Waals surface area contributed by atoms with Gasteiger partial charge in [-0.2, -0.15) is 0 Å². The molecular formula is C18H23N3O2.